The third kappa shape index (κ3) is 5.00. The van der Waals surface area contributed by atoms with E-state index in [-0.39, 0.29) is 18.0 Å². The van der Waals surface area contributed by atoms with Crippen molar-refractivity contribution in [1.29, 1.82) is 0 Å². The summed E-state index contributed by atoms with van der Waals surface area (Å²) in [4.78, 5) is 11.9. The molecule has 0 amide bonds. The highest BCUT2D eigenvalue weighted by molar-refractivity contribution is 9.10. The molecule has 0 aliphatic rings. The van der Waals surface area contributed by atoms with E-state index < -0.39 is 9.84 Å². The van der Waals surface area contributed by atoms with Gasteiger partial charge in [-0.25, -0.2) is 8.42 Å². The SMILES string of the molecule is Cc1ccc(Br)c(C(=O)CCCS(C)(=O)=O)c1. The summed E-state index contributed by atoms with van der Waals surface area (Å²) in [7, 11) is -2.98. The molecule has 0 aliphatic heterocycles. The minimum Gasteiger partial charge on any atom is -0.294 e. The quantitative estimate of drug-likeness (QED) is 0.784. The van der Waals surface area contributed by atoms with Crippen LogP contribution in [0.1, 0.15) is 28.8 Å². The van der Waals surface area contributed by atoms with Crippen LogP contribution >= 0.6 is 15.9 Å². The van der Waals surface area contributed by atoms with Crippen LogP contribution in [0.5, 0.6) is 0 Å². The largest absolute Gasteiger partial charge is 0.294 e. The van der Waals surface area contributed by atoms with E-state index >= 15 is 0 Å². The molecule has 0 aromatic heterocycles. The molecule has 1 aromatic rings. The van der Waals surface area contributed by atoms with Crippen molar-refractivity contribution < 1.29 is 13.2 Å². The van der Waals surface area contributed by atoms with Crippen molar-refractivity contribution in [3.63, 3.8) is 0 Å². The molecule has 94 valence electrons. The molecule has 0 saturated heterocycles. The van der Waals surface area contributed by atoms with Crippen molar-refractivity contribution in [2.45, 2.75) is 19.8 Å². The molecule has 1 rings (SSSR count). The molecule has 0 fully saturated rings. The lowest BCUT2D eigenvalue weighted by Gasteiger charge is -2.04. The summed E-state index contributed by atoms with van der Waals surface area (Å²) in [5.74, 6) is 0.0338. The third-order valence-electron chi connectivity index (χ3n) is 2.34. The number of Topliss-reactive ketones (excluding diaryl/α,β-unsaturated/α-hetero) is 1. The van der Waals surface area contributed by atoms with Crippen molar-refractivity contribution in [3.8, 4) is 0 Å². The van der Waals surface area contributed by atoms with E-state index in [1.54, 1.807) is 0 Å². The van der Waals surface area contributed by atoms with Crippen molar-refractivity contribution in [2.24, 2.45) is 0 Å². The van der Waals surface area contributed by atoms with Crippen LogP contribution in [0, 0.1) is 6.92 Å². The van der Waals surface area contributed by atoms with Gasteiger partial charge >= 0.3 is 0 Å². The number of sulfone groups is 1. The molecule has 0 saturated carbocycles. The lowest BCUT2D eigenvalue weighted by Crippen LogP contribution is -2.07. The Morgan fingerprint density at radius 1 is 1.35 bits per heavy atom. The second-order valence-electron chi connectivity index (χ2n) is 4.14. The zero-order chi connectivity index (χ0) is 13.1. The maximum Gasteiger partial charge on any atom is 0.164 e. The molecule has 0 unspecified atom stereocenters. The van der Waals surface area contributed by atoms with Crippen molar-refractivity contribution in [2.75, 3.05) is 12.0 Å². The van der Waals surface area contributed by atoms with E-state index in [9.17, 15) is 13.2 Å². The van der Waals surface area contributed by atoms with E-state index in [1.807, 2.05) is 25.1 Å². The van der Waals surface area contributed by atoms with E-state index in [0.29, 0.717) is 12.0 Å². The minimum absolute atomic E-state index is 0.0239. The van der Waals surface area contributed by atoms with Gasteiger partial charge < -0.3 is 0 Å². The number of rotatable bonds is 5. The zero-order valence-electron chi connectivity index (χ0n) is 9.86. The molecule has 0 atom stereocenters. The summed E-state index contributed by atoms with van der Waals surface area (Å²) in [6.07, 6.45) is 1.81. The molecule has 5 heteroatoms. The monoisotopic (exact) mass is 318 g/mol. The highest BCUT2D eigenvalue weighted by atomic mass is 79.9. The van der Waals surface area contributed by atoms with E-state index in [4.69, 9.17) is 0 Å². The summed E-state index contributed by atoms with van der Waals surface area (Å²) in [6, 6.07) is 5.56. The highest BCUT2D eigenvalue weighted by Crippen LogP contribution is 2.20. The van der Waals surface area contributed by atoms with Gasteiger partial charge in [-0.3, -0.25) is 4.79 Å². The van der Waals surface area contributed by atoms with E-state index in [2.05, 4.69) is 15.9 Å². The fourth-order valence-electron chi connectivity index (χ4n) is 1.48. The standard InChI is InChI=1S/C12H15BrO3S/c1-9-5-6-11(13)10(8-9)12(14)4-3-7-17(2,15)16/h5-6,8H,3-4,7H2,1-2H3. The second kappa shape index (κ2) is 5.78. The second-order valence-corrected chi connectivity index (χ2v) is 7.25. The van der Waals surface area contributed by atoms with Crippen LogP contribution in [0.15, 0.2) is 22.7 Å². The van der Waals surface area contributed by atoms with Gasteiger partial charge in [0.2, 0.25) is 0 Å². The Balaban J connectivity index is 2.67. The fourth-order valence-corrected chi connectivity index (χ4v) is 2.62. The molecule has 0 heterocycles. The number of hydrogen-bond acceptors (Lipinski definition) is 3. The number of aryl methyl sites for hydroxylation is 1. The average molecular weight is 319 g/mol. The fraction of sp³-hybridized carbons (Fsp3) is 0.417. The van der Waals surface area contributed by atoms with Gasteiger partial charge in [0.05, 0.1) is 5.75 Å². The molecule has 0 aliphatic carbocycles. The molecular formula is C12H15BrO3S. The van der Waals surface area contributed by atoms with Gasteiger partial charge in [0.1, 0.15) is 9.84 Å². The smallest absolute Gasteiger partial charge is 0.164 e. The summed E-state index contributed by atoms with van der Waals surface area (Å²) in [6.45, 7) is 1.92. The van der Waals surface area contributed by atoms with Crippen LogP contribution in [0.3, 0.4) is 0 Å². The number of hydrogen-bond donors (Lipinski definition) is 0. The van der Waals surface area contributed by atoms with Gasteiger partial charge in [-0.2, -0.15) is 0 Å². The van der Waals surface area contributed by atoms with Crippen LogP contribution < -0.4 is 0 Å². The van der Waals surface area contributed by atoms with Crippen LogP contribution in [-0.4, -0.2) is 26.2 Å². The van der Waals surface area contributed by atoms with Gasteiger partial charge in [0, 0.05) is 22.7 Å². The average Bonchev–Trinajstić information content (AvgIpc) is 2.19. The predicted molar refractivity (Wildman–Crippen MR) is 72.2 cm³/mol. The van der Waals surface area contributed by atoms with Crippen LogP contribution in [0.2, 0.25) is 0 Å². The van der Waals surface area contributed by atoms with Crippen LogP contribution in [0.4, 0.5) is 0 Å². The van der Waals surface area contributed by atoms with Gasteiger partial charge in [-0.05, 0) is 25.5 Å². The number of ketones is 1. The first kappa shape index (κ1) is 14.4. The van der Waals surface area contributed by atoms with Crippen molar-refractivity contribution >= 4 is 31.6 Å². The van der Waals surface area contributed by atoms with Gasteiger partial charge in [0.15, 0.2) is 5.78 Å². The van der Waals surface area contributed by atoms with Crippen LogP contribution in [0.25, 0.3) is 0 Å². The first-order valence-electron chi connectivity index (χ1n) is 5.26. The topological polar surface area (TPSA) is 51.2 Å². The summed E-state index contributed by atoms with van der Waals surface area (Å²) < 4.78 is 22.7. The maximum absolute atomic E-state index is 11.9. The number of halogens is 1. The molecule has 17 heavy (non-hydrogen) atoms. The Bertz CT molecular complexity index is 521. The Morgan fingerprint density at radius 2 is 2.00 bits per heavy atom. The molecule has 0 radical (unpaired) electrons. The molecule has 3 nitrogen and oxygen atoms in total. The first-order chi connectivity index (χ1) is 7.79. The van der Waals surface area contributed by atoms with Gasteiger partial charge in [-0.1, -0.05) is 27.6 Å². The highest BCUT2D eigenvalue weighted by Gasteiger charge is 2.11. The minimum atomic E-state index is -2.98. The molecule has 0 bridgehead atoms. The number of carbonyl (C=O) groups excluding carboxylic acids is 1. The van der Waals surface area contributed by atoms with Gasteiger partial charge in [-0.15, -0.1) is 0 Å². The normalized spacial score (nSPS) is 11.5. The van der Waals surface area contributed by atoms with E-state index in [1.165, 1.54) is 6.26 Å². The zero-order valence-corrected chi connectivity index (χ0v) is 12.3. The Kier molecular flexibility index (Phi) is 4.89. The Hall–Kier alpha value is -0.680. The molecule has 0 spiro atoms. The van der Waals surface area contributed by atoms with Gasteiger partial charge in [0.25, 0.3) is 0 Å². The first-order valence-corrected chi connectivity index (χ1v) is 8.12. The van der Waals surface area contributed by atoms with Crippen molar-refractivity contribution in [1.82, 2.24) is 0 Å². The third-order valence-corrected chi connectivity index (χ3v) is 4.06. The molecular weight excluding hydrogens is 304 g/mol. The lowest BCUT2D eigenvalue weighted by molar-refractivity contribution is 0.0981. The summed E-state index contributed by atoms with van der Waals surface area (Å²) in [5.41, 5.74) is 1.64. The van der Waals surface area contributed by atoms with Crippen molar-refractivity contribution in [3.05, 3.63) is 33.8 Å². The Labute approximate surface area is 110 Å². The Morgan fingerprint density at radius 3 is 2.59 bits per heavy atom. The lowest BCUT2D eigenvalue weighted by atomic mass is 10.0. The summed E-state index contributed by atoms with van der Waals surface area (Å²) in [5, 5.41) is 0. The maximum atomic E-state index is 11.9. The molecule has 0 N–H and O–H groups in total. The number of benzene rings is 1. The number of carbonyl (C=O) groups is 1. The predicted octanol–water partition coefficient (Wildman–Crippen LogP) is 2.77. The van der Waals surface area contributed by atoms with E-state index in [0.717, 1.165) is 10.0 Å². The molecule has 1 aromatic carbocycles. The summed E-state index contributed by atoms with van der Waals surface area (Å²) >= 11 is 3.32. The van der Waals surface area contributed by atoms with Crippen LogP contribution in [-0.2, 0) is 9.84 Å².